The summed E-state index contributed by atoms with van der Waals surface area (Å²) in [6, 6.07) is 24.0. The molecule has 3 aromatic rings. The van der Waals surface area contributed by atoms with Crippen LogP contribution in [0.1, 0.15) is 36.7 Å². The molecule has 0 saturated heterocycles. The molecule has 0 heterocycles. The molecular weight excluding hydrogens is 400 g/mol. The predicted molar refractivity (Wildman–Crippen MR) is 131 cm³/mol. The molecule has 0 spiro atoms. The third kappa shape index (κ3) is 6.68. The Hall–Kier alpha value is -3.64. The maximum Gasteiger partial charge on any atom is 0.323 e. The van der Waals surface area contributed by atoms with Gasteiger partial charge in [0.15, 0.2) is 0 Å². The lowest BCUT2D eigenvalue weighted by atomic mass is 10.1. The van der Waals surface area contributed by atoms with Crippen LogP contribution in [0.15, 0.2) is 78.9 Å². The smallest absolute Gasteiger partial charge is 0.322 e. The lowest BCUT2D eigenvalue weighted by Crippen LogP contribution is -2.29. The van der Waals surface area contributed by atoms with Crippen LogP contribution in [-0.2, 0) is 6.54 Å². The predicted octanol–water partition coefficient (Wildman–Crippen LogP) is 5.81. The molecule has 0 aliphatic rings. The van der Waals surface area contributed by atoms with Crippen molar-refractivity contribution in [1.82, 2.24) is 4.90 Å². The van der Waals surface area contributed by atoms with Crippen LogP contribution in [0.25, 0.3) is 0 Å². The second-order valence-electron chi connectivity index (χ2n) is 7.83. The van der Waals surface area contributed by atoms with Gasteiger partial charge in [-0.3, -0.25) is 9.69 Å². The van der Waals surface area contributed by atoms with Gasteiger partial charge in [-0.1, -0.05) is 43.3 Å². The highest BCUT2D eigenvalue weighted by molar-refractivity contribution is 6.05. The van der Waals surface area contributed by atoms with Crippen molar-refractivity contribution in [2.45, 2.75) is 33.4 Å². The number of amides is 3. The zero-order valence-corrected chi connectivity index (χ0v) is 18.8. The lowest BCUT2D eigenvalue weighted by Gasteiger charge is -2.24. The normalized spacial score (nSPS) is 10.8. The first kappa shape index (κ1) is 23.0. The summed E-state index contributed by atoms with van der Waals surface area (Å²) in [5.74, 6) is -0.196. The fourth-order valence-electron chi connectivity index (χ4n) is 3.35. The van der Waals surface area contributed by atoms with E-state index in [-0.39, 0.29) is 11.9 Å². The van der Waals surface area contributed by atoms with E-state index in [0.29, 0.717) is 28.7 Å². The van der Waals surface area contributed by atoms with Crippen molar-refractivity contribution in [2.24, 2.45) is 0 Å². The van der Waals surface area contributed by atoms with Crippen molar-refractivity contribution in [1.29, 1.82) is 0 Å². The fourth-order valence-corrected chi connectivity index (χ4v) is 3.35. The number of rotatable bonds is 8. The Kier molecular flexibility index (Phi) is 8.00. The number of nitrogens with one attached hydrogen (secondary N) is 3. The fraction of sp³-hybridized carbons (Fsp3) is 0.231. The van der Waals surface area contributed by atoms with E-state index in [9.17, 15) is 9.59 Å². The summed E-state index contributed by atoms with van der Waals surface area (Å²) in [5.41, 5.74) is 3.65. The van der Waals surface area contributed by atoms with E-state index in [1.165, 1.54) is 5.56 Å². The zero-order chi connectivity index (χ0) is 22.9. The average Bonchev–Trinajstić information content (AvgIpc) is 2.78. The molecule has 3 rings (SSSR count). The molecule has 3 amide bonds. The van der Waals surface area contributed by atoms with Crippen LogP contribution in [0, 0.1) is 0 Å². The van der Waals surface area contributed by atoms with Gasteiger partial charge >= 0.3 is 6.03 Å². The van der Waals surface area contributed by atoms with Gasteiger partial charge < -0.3 is 16.0 Å². The van der Waals surface area contributed by atoms with Crippen molar-refractivity contribution >= 4 is 29.0 Å². The summed E-state index contributed by atoms with van der Waals surface area (Å²) in [6.07, 6.45) is 0. The Morgan fingerprint density at radius 2 is 1.38 bits per heavy atom. The van der Waals surface area contributed by atoms with E-state index in [0.717, 1.165) is 13.1 Å². The summed E-state index contributed by atoms with van der Waals surface area (Å²) in [7, 11) is 0. The number of nitrogens with zero attached hydrogens (tertiary/aromatic N) is 1. The number of anilines is 3. The SMILES string of the molecule is CCN(Cc1ccc(C(=O)Nc2cccc(NC(=O)Nc3ccccc3)c2)cc1)C(C)C. The van der Waals surface area contributed by atoms with E-state index >= 15 is 0 Å². The number of hydrogen-bond acceptors (Lipinski definition) is 3. The molecule has 0 saturated carbocycles. The van der Waals surface area contributed by atoms with Gasteiger partial charge in [0, 0.05) is 35.2 Å². The van der Waals surface area contributed by atoms with Crippen molar-refractivity contribution in [3.63, 3.8) is 0 Å². The van der Waals surface area contributed by atoms with Crippen LogP contribution in [0.5, 0.6) is 0 Å². The Labute approximate surface area is 189 Å². The molecule has 0 aromatic heterocycles. The van der Waals surface area contributed by atoms with Crippen LogP contribution in [0.4, 0.5) is 21.9 Å². The quantitative estimate of drug-likeness (QED) is 0.422. The molecule has 3 aromatic carbocycles. The van der Waals surface area contributed by atoms with Crippen LogP contribution in [0.2, 0.25) is 0 Å². The molecule has 3 N–H and O–H groups in total. The Morgan fingerprint density at radius 3 is 2.00 bits per heavy atom. The van der Waals surface area contributed by atoms with Crippen molar-refractivity contribution in [2.75, 3.05) is 22.5 Å². The van der Waals surface area contributed by atoms with Crippen molar-refractivity contribution in [3.8, 4) is 0 Å². The highest BCUT2D eigenvalue weighted by Crippen LogP contribution is 2.17. The summed E-state index contributed by atoms with van der Waals surface area (Å²) in [5, 5.41) is 8.43. The first-order valence-corrected chi connectivity index (χ1v) is 10.8. The van der Waals surface area contributed by atoms with E-state index < -0.39 is 0 Å². The average molecular weight is 431 g/mol. The second-order valence-corrected chi connectivity index (χ2v) is 7.83. The monoisotopic (exact) mass is 430 g/mol. The summed E-state index contributed by atoms with van der Waals surface area (Å²) in [4.78, 5) is 27.2. The van der Waals surface area contributed by atoms with E-state index in [1.807, 2.05) is 54.6 Å². The van der Waals surface area contributed by atoms with Gasteiger partial charge in [-0.25, -0.2) is 4.79 Å². The molecule has 0 atom stereocenters. The van der Waals surface area contributed by atoms with Gasteiger partial charge in [0.1, 0.15) is 0 Å². The topological polar surface area (TPSA) is 73.5 Å². The van der Waals surface area contributed by atoms with E-state index in [1.54, 1.807) is 24.3 Å². The van der Waals surface area contributed by atoms with Gasteiger partial charge in [-0.2, -0.15) is 0 Å². The van der Waals surface area contributed by atoms with Gasteiger partial charge in [0.05, 0.1) is 0 Å². The van der Waals surface area contributed by atoms with E-state index in [4.69, 9.17) is 0 Å². The Morgan fingerprint density at radius 1 is 0.781 bits per heavy atom. The van der Waals surface area contributed by atoms with Gasteiger partial charge in [-0.05, 0) is 68.4 Å². The summed E-state index contributed by atoms with van der Waals surface area (Å²) in [6.45, 7) is 8.34. The maximum absolute atomic E-state index is 12.7. The molecule has 166 valence electrons. The molecule has 32 heavy (non-hydrogen) atoms. The first-order valence-electron chi connectivity index (χ1n) is 10.8. The molecule has 6 nitrogen and oxygen atoms in total. The van der Waals surface area contributed by atoms with Gasteiger partial charge in [0.2, 0.25) is 0 Å². The van der Waals surface area contributed by atoms with Crippen molar-refractivity contribution in [3.05, 3.63) is 90.0 Å². The number of carbonyl (C=O) groups is 2. The van der Waals surface area contributed by atoms with Crippen LogP contribution >= 0.6 is 0 Å². The van der Waals surface area contributed by atoms with Crippen molar-refractivity contribution < 1.29 is 9.59 Å². The van der Waals surface area contributed by atoms with E-state index in [2.05, 4.69) is 41.6 Å². The van der Waals surface area contributed by atoms with Gasteiger partial charge in [-0.15, -0.1) is 0 Å². The third-order valence-electron chi connectivity index (χ3n) is 5.15. The second kappa shape index (κ2) is 11.1. The molecule has 6 heteroatoms. The Balaban J connectivity index is 1.58. The number of urea groups is 1. The molecular formula is C26H30N4O2. The summed E-state index contributed by atoms with van der Waals surface area (Å²) < 4.78 is 0. The number of hydrogen-bond donors (Lipinski definition) is 3. The molecule has 0 radical (unpaired) electrons. The lowest BCUT2D eigenvalue weighted by molar-refractivity contribution is 0.102. The molecule has 0 bridgehead atoms. The molecule has 0 fully saturated rings. The number of benzene rings is 3. The molecule has 0 unspecified atom stereocenters. The maximum atomic E-state index is 12.7. The Bertz CT molecular complexity index is 1030. The minimum Gasteiger partial charge on any atom is -0.322 e. The highest BCUT2D eigenvalue weighted by atomic mass is 16.2. The highest BCUT2D eigenvalue weighted by Gasteiger charge is 2.10. The largest absolute Gasteiger partial charge is 0.323 e. The van der Waals surface area contributed by atoms with Crippen LogP contribution < -0.4 is 16.0 Å². The minimum absolute atomic E-state index is 0.196. The van der Waals surface area contributed by atoms with Gasteiger partial charge in [0.25, 0.3) is 5.91 Å². The standard InChI is InChI=1S/C26H30N4O2/c1-4-30(19(2)3)18-20-13-15-21(16-14-20)25(31)27-23-11-8-12-24(17-23)29-26(32)28-22-9-6-5-7-10-22/h5-17,19H,4,18H2,1-3H3,(H,27,31)(H2,28,29,32). The molecule has 0 aliphatic heterocycles. The number of carbonyl (C=O) groups excluding carboxylic acids is 2. The third-order valence-corrected chi connectivity index (χ3v) is 5.15. The van der Waals surface area contributed by atoms with Crippen LogP contribution in [-0.4, -0.2) is 29.4 Å². The summed E-state index contributed by atoms with van der Waals surface area (Å²) >= 11 is 0. The first-order chi connectivity index (χ1) is 15.4. The van der Waals surface area contributed by atoms with Crippen LogP contribution in [0.3, 0.4) is 0 Å². The molecule has 0 aliphatic carbocycles. The zero-order valence-electron chi connectivity index (χ0n) is 18.8. The number of para-hydroxylation sites is 1. The minimum atomic E-state index is -0.349.